The van der Waals surface area contributed by atoms with Gasteiger partial charge >= 0.3 is 0 Å². The van der Waals surface area contributed by atoms with Crippen molar-refractivity contribution >= 4 is 37.9 Å². The van der Waals surface area contributed by atoms with E-state index in [2.05, 4.69) is 16.2 Å². The average Bonchev–Trinajstić information content (AvgIpc) is 3.46. The van der Waals surface area contributed by atoms with Crippen molar-refractivity contribution in [3.05, 3.63) is 40.5 Å². The first-order chi connectivity index (χ1) is 16.0. The molecule has 1 aliphatic heterocycles. The van der Waals surface area contributed by atoms with E-state index < -0.39 is 15.9 Å². The molecular formula is C23H24N4O4S2. The number of hydrogen-bond acceptors (Lipinski definition) is 8. The molecule has 2 fully saturated rings. The van der Waals surface area contributed by atoms with Crippen LogP contribution in [0.5, 0.6) is 0 Å². The molecule has 0 unspecified atom stereocenters. The first-order valence-corrected chi connectivity index (χ1v) is 13.5. The lowest BCUT2D eigenvalue weighted by atomic mass is 9.90. The number of nitriles is 1. The molecule has 2 aliphatic rings. The molecule has 1 atom stereocenters. The van der Waals surface area contributed by atoms with Gasteiger partial charge in [0.05, 0.1) is 34.5 Å². The number of aromatic nitrogens is 3. The molecule has 0 amide bonds. The Kier molecular flexibility index (Phi) is 6.03. The lowest BCUT2D eigenvalue weighted by Gasteiger charge is -2.26. The van der Waals surface area contributed by atoms with E-state index in [-0.39, 0.29) is 17.5 Å². The summed E-state index contributed by atoms with van der Waals surface area (Å²) in [5, 5.41) is 14.5. The Hall–Kier alpha value is -2.61. The van der Waals surface area contributed by atoms with Gasteiger partial charge in [0.25, 0.3) is 0 Å². The molecule has 1 saturated heterocycles. The molecule has 1 aliphatic carbocycles. The minimum Gasteiger partial charge on any atom is -0.381 e. The van der Waals surface area contributed by atoms with Gasteiger partial charge in [0.1, 0.15) is 22.0 Å². The minimum absolute atomic E-state index is 0.0409. The Bertz CT molecular complexity index is 1330. The second-order valence-corrected chi connectivity index (χ2v) is 12.0. The number of ether oxygens (including phenoxy) is 1. The van der Waals surface area contributed by atoms with Crippen LogP contribution in [0.1, 0.15) is 48.0 Å². The van der Waals surface area contributed by atoms with Gasteiger partial charge in [-0.3, -0.25) is 9.48 Å². The normalized spacial score (nSPS) is 18.3. The summed E-state index contributed by atoms with van der Waals surface area (Å²) in [4.78, 5) is 18.5. The summed E-state index contributed by atoms with van der Waals surface area (Å²) in [6, 6.07) is 6.71. The maximum absolute atomic E-state index is 13.5. The summed E-state index contributed by atoms with van der Waals surface area (Å²) in [6.07, 6.45) is 6.91. The zero-order valence-electron chi connectivity index (χ0n) is 18.0. The fraction of sp³-hybridized carbons (Fsp3) is 0.478. The first-order valence-electron chi connectivity index (χ1n) is 11.1. The largest absolute Gasteiger partial charge is 0.381 e. The van der Waals surface area contributed by atoms with Crippen molar-refractivity contribution in [2.45, 2.75) is 54.7 Å². The highest BCUT2D eigenvalue weighted by Crippen LogP contribution is 2.37. The summed E-state index contributed by atoms with van der Waals surface area (Å²) < 4.78 is 33.1. The van der Waals surface area contributed by atoms with Crippen LogP contribution in [0.4, 0.5) is 0 Å². The lowest BCUT2D eigenvalue weighted by Crippen LogP contribution is -2.27. The Morgan fingerprint density at radius 2 is 2.03 bits per heavy atom. The zero-order chi connectivity index (χ0) is 23.0. The quantitative estimate of drug-likeness (QED) is 0.481. The number of hydrogen-bond donors (Lipinski definition) is 0. The van der Waals surface area contributed by atoms with Crippen molar-refractivity contribution in [3.63, 3.8) is 0 Å². The smallest absolute Gasteiger partial charge is 0.181 e. The Labute approximate surface area is 196 Å². The zero-order valence-corrected chi connectivity index (χ0v) is 19.6. The third-order valence-corrected chi connectivity index (χ3v) is 9.64. The van der Waals surface area contributed by atoms with Crippen molar-refractivity contribution in [3.8, 4) is 6.07 Å². The van der Waals surface area contributed by atoms with E-state index in [1.807, 2.05) is 6.07 Å². The van der Waals surface area contributed by atoms with Gasteiger partial charge in [0.2, 0.25) is 0 Å². The number of benzene rings is 1. The van der Waals surface area contributed by atoms with Gasteiger partial charge in [-0.1, -0.05) is 6.07 Å². The molecular weight excluding hydrogens is 460 g/mol. The van der Waals surface area contributed by atoms with Crippen LogP contribution in [0.15, 0.2) is 35.5 Å². The fourth-order valence-corrected chi connectivity index (χ4v) is 7.05. The number of carbonyl (C=O) groups is 1. The average molecular weight is 485 g/mol. The van der Waals surface area contributed by atoms with Gasteiger partial charge in [-0.15, -0.1) is 11.3 Å². The summed E-state index contributed by atoms with van der Waals surface area (Å²) in [5.41, 5.74) is 0.652. The number of sulfone groups is 1. The van der Waals surface area contributed by atoms with Crippen LogP contribution in [0, 0.1) is 17.2 Å². The Morgan fingerprint density at radius 3 is 2.73 bits per heavy atom. The molecule has 3 heterocycles. The van der Waals surface area contributed by atoms with E-state index in [9.17, 15) is 13.2 Å². The van der Waals surface area contributed by atoms with E-state index in [1.54, 1.807) is 23.0 Å². The number of carbonyl (C=O) groups excluding carboxylic acids is 1. The van der Waals surface area contributed by atoms with Crippen LogP contribution in [0.25, 0.3) is 10.9 Å². The van der Waals surface area contributed by atoms with Gasteiger partial charge < -0.3 is 4.74 Å². The minimum atomic E-state index is -3.39. The number of ketones is 1. The molecule has 10 heteroatoms. The van der Waals surface area contributed by atoms with Crippen LogP contribution in [0.3, 0.4) is 0 Å². The van der Waals surface area contributed by atoms with E-state index in [0.717, 1.165) is 12.8 Å². The molecule has 1 saturated carbocycles. The molecule has 0 radical (unpaired) electrons. The Balaban J connectivity index is 1.51. The summed E-state index contributed by atoms with van der Waals surface area (Å²) in [7, 11) is -3.39. The highest BCUT2D eigenvalue weighted by atomic mass is 32.2. The van der Waals surface area contributed by atoms with Gasteiger partial charge in [-0.05, 0) is 50.2 Å². The third kappa shape index (κ3) is 4.45. The maximum Gasteiger partial charge on any atom is 0.181 e. The van der Waals surface area contributed by atoms with E-state index in [0.29, 0.717) is 64.1 Å². The van der Waals surface area contributed by atoms with Crippen molar-refractivity contribution in [1.82, 2.24) is 14.8 Å². The van der Waals surface area contributed by atoms with E-state index >= 15 is 0 Å². The molecule has 3 aromatic rings. The monoisotopic (exact) mass is 484 g/mol. The van der Waals surface area contributed by atoms with Crippen LogP contribution in [-0.4, -0.2) is 47.4 Å². The predicted molar refractivity (Wildman–Crippen MR) is 123 cm³/mol. The highest BCUT2D eigenvalue weighted by molar-refractivity contribution is 7.92. The summed E-state index contributed by atoms with van der Waals surface area (Å²) >= 11 is 1.22. The molecule has 33 heavy (non-hydrogen) atoms. The van der Waals surface area contributed by atoms with Crippen LogP contribution >= 0.6 is 11.3 Å². The topological polar surface area (TPSA) is 115 Å². The van der Waals surface area contributed by atoms with E-state index in [1.165, 1.54) is 17.5 Å². The fourth-order valence-electron chi connectivity index (χ4n) is 4.47. The van der Waals surface area contributed by atoms with Crippen molar-refractivity contribution < 1.29 is 17.9 Å². The molecule has 2 aromatic heterocycles. The van der Waals surface area contributed by atoms with Gasteiger partial charge in [0, 0.05) is 18.6 Å². The molecule has 0 spiro atoms. The van der Waals surface area contributed by atoms with Crippen LogP contribution < -0.4 is 0 Å². The second kappa shape index (κ2) is 8.97. The molecule has 1 aromatic carbocycles. The molecule has 8 nitrogen and oxygen atoms in total. The van der Waals surface area contributed by atoms with E-state index in [4.69, 9.17) is 10.00 Å². The SMILES string of the molecule is N#Cc1cnc(CC(=O)[C@H](CC2CCOCC2)n2ncc3c(S(=O)(=O)C4CC4)cccc32)s1. The van der Waals surface area contributed by atoms with Gasteiger partial charge in [-0.2, -0.15) is 10.4 Å². The number of fused-ring (bicyclic) bond motifs is 1. The predicted octanol–water partition coefficient (Wildman–Crippen LogP) is 3.47. The molecule has 0 N–H and O–H groups in total. The van der Waals surface area contributed by atoms with Gasteiger partial charge in [0.15, 0.2) is 15.6 Å². The lowest BCUT2D eigenvalue weighted by molar-refractivity contribution is -0.122. The molecule has 0 bridgehead atoms. The standard InChI is InChI=1S/C23H24N4O4S2/c24-12-16-13-25-23(32-16)11-21(28)20(10-15-6-8-31-9-7-15)27-19-2-1-3-22(18(19)14-26-27)33(29,30)17-4-5-17/h1-3,13-15,17,20H,4-11H2/t20-/m0/s1. The van der Waals surface area contributed by atoms with Crippen LogP contribution in [0.2, 0.25) is 0 Å². The number of rotatable bonds is 8. The number of Topliss-reactive ketones (excluding diaryl/α,β-unsaturated/α-hetero) is 1. The molecule has 5 rings (SSSR count). The second-order valence-electron chi connectivity index (χ2n) is 8.70. The van der Waals surface area contributed by atoms with Crippen molar-refractivity contribution in [2.75, 3.05) is 13.2 Å². The number of thiazole rings is 1. The maximum atomic E-state index is 13.5. The third-order valence-electron chi connectivity index (χ3n) is 6.42. The van der Waals surface area contributed by atoms with Crippen LogP contribution in [-0.2, 0) is 25.8 Å². The van der Waals surface area contributed by atoms with Crippen molar-refractivity contribution in [1.29, 1.82) is 5.26 Å². The summed E-state index contributed by atoms with van der Waals surface area (Å²) in [6.45, 7) is 1.35. The van der Waals surface area contributed by atoms with Crippen molar-refractivity contribution in [2.24, 2.45) is 5.92 Å². The summed E-state index contributed by atoms with van der Waals surface area (Å²) in [5.74, 6) is 0.275. The molecule has 172 valence electrons. The Morgan fingerprint density at radius 1 is 1.24 bits per heavy atom. The first kappa shape index (κ1) is 22.2. The van der Waals surface area contributed by atoms with Gasteiger partial charge in [-0.25, -0.2) is 13.4 Å². The highest BCUT2D eigenvalue weighted by Gasteiger charge is 2.38. The number of nitrogens with zero attached hydrogens (tertiary/aromatic N) is 4.